The Labute approximate surface area is 414 Å². The summed E-state index contributed by atoms with van der Waals surface area (Å²) in [5.41, 5.74) is 5.55. The van der Waals surface area contributed by atoms with E-state index in [-0.39, 0.29) is 28.8 Å². The number of hydrogen-bond donors (Lipinski definition) is 3. The van der Waals surface area contributed by atoms with Crippen molar-refractivity contribution in [2.24, 2.45) is 22.7 Å². The highest BCUT2D eigenvalue weighted by molar-refractivity contribution is 5.94. The largest absolute Gasteiger partial charge is 0.384 e. The van der Waals surface area contributed by atoms with E-state index in [1.54, 1.807) is 17.7 Å². The van der Waals surface area contributed by atoms with E-state index < -0.39 is 0 Å². The molecule has 6 nitrogen and oxygen atoms in total. The number of likely N-dealkylation sites (N-methyl/N-ethyl adjacent to an activating group) is 1. The van der Waals surface area contributed by atoms with Gasteiger partial charge >= 0.3 is 0 Å². The number of carbonyl (C=O) groups is 1. The minimum Gasteiger partial charge on any atom is -0.384 e. The van der Waals surface area contributed by atoms with E-state index in [2.05, 4.69) is 193 Å². The van der Waals surface area contributed by atoms with Gasteiger partial charge in [-0.05, 0) is 96.6 Å². The number of amides is 1. The van der Waals surface area contributed by atoms with Gasteiger partial charge in [0.25, 0.3) is 0 Å². The highest BCUT2D eigenvalue weighted by Crippen LogP contribution is 2.39. The second kappa shape index (κ2) is 48.5. The molecule has 3 N–H and O–H groups in total. The van der Waals surface area contributed by atoms with Gasteiger partial charge in [0.1, 0.15) is 0 Å². The van der Waals surface area contributed by atoms with Crippen molar-refractivity contribution in [2.45, 2.75) is 187 Å². The monoisotopic (exact) mass is 918 g/mol. The van der Waals surface area contributed by atoms with Crippen molar-refractivity contribution >= 4 is 5.91 Å². The standard InChI is InChI=1S/C27H43N3O.C11H24N2.C7H12.C4H8.C3H6.2C2H6.C2H4.C2H2/c1-11-14-15-24(19(4)26(31)28-16-12-2)29-21(6)25-17-23(13-3)18-30(25)22(7)20(5)27(8,9)10;1-9(2)12-10(8-13(6)7)11(3,4)5;1-7-5-3-2-4-6-7;1-3-4-2;1-3-2;4*1-2/h1,12,20,23-25,29H,2,4,6-7,13-18H2,3,5,8-10H3,(H,28,31);10,12H,1,8H2,2-7H3;5H,2-4,6H2,1H3;3H,1,4H2,2H3;3H,1H2,2H3;2*1-2H3;1-2H2;1-2H. The van der Waals surface area contributed by atoms with Crippen molar-refractivity contribution < 1.29 is 4.79 Å². The van der Waals surface area contributed by atoms with E-state index in [0.717, 1.165) is 49.4 Å². The molecule has 1 heterocycles. The number of terminal acetylenes is 2. The third-order valence-electron chi connectivity index (χ3n) is 10.4. The molecular weight excluding hydrogens is 807 g/mol. The molecule has 382 valence electrons. The lowest BCUT2D eigenvalue weighted by atomic mass is 9.80. The van der Waals surface area contributed by atoms with E-state index >= 15 is 0 Å². The maximum atomic E-state index is 12.5. The Morgan fingerprint density at radius 1 is 0.939 bits per heavy atom. The van der Waals surface area contributed by atoms with Crippen LogP contribution in [0.2, 0.25) is 0 Å². The fourth-order valence-electron chi connectivity index (χ4n) is 6.13. The highest BCUT2D eigenvalue weighted by Gasteiger charge is 2.38. The van der Waals surface area contributed by atoms with Crippen LogP contribution in [0.15, 0.2) is 112 Å². The predicted molar refractivity (Wildman–Crippen MR) is 305 cm³/mol. The number of nitrogens with zero attached hydrogens (tertiary/aromatic N) is 2. The Morgan fingerprint density at radius 2 is 1.44 bits per heavy atom. The molecule has 1 aliphatic heterocycles. The quantitative estimate of drug-likeness (QED) is 0.0771. The normalized spacial score (nSPS) is 15.5. The molecule has 0 bridgehead atoms. The van der Waals surface area contributed by atoms with Gasteiger partial charge in [0.15, 0.2) is 0 Å². The first-order valence-corrected chi connectivity index (χ1v) is 24.6. The van der Waals surface area contributed by atoms with Gasteiger partial charge in [-0.15, -0.1) is 58.1 Å². The number of carbonyl (C=O) groups excluding carboxylic acids is 1. The van der Waals surface area contributed by atoms with Crippen LogP contribution in [0, 0.1) is 47.9 Å². The number of likely N-dealkylation sites (tertiary alicyclic amines) is 1. The zero-order valence-electron chi connectivity index (χ0n) is 47.1. The van der Waals surface area contributed by atoms with E-state index in [1.807, 2.05) is 47.6 Å². The van der Waals surface area contributed by atoms with Crippen LogP contribution >= 0.6 is 0 Å². The van der Waals surface area contributed by atoms with Crippen molar-refractivity contribution in [3.05, 3.63) is 112 Å². The van der Waals surface area contributed by atoms with Crippen LogP contribution in [0.5, 0.6) is 0 Å². The summed E-state index contributed by atoms with van der Waals surface area (Å²) in [6, 6.07) is 0.337. The smallest absolute Gasteiger partial charge is 0.248 e. The van der Waals surface area contributed by atoms with Gasteiger partial charge in [0, 0.05) is 60.7 Å². The van der Waals surface area contributed by atoms with Gasteiger partial charge in [-0.25, -0.2) is 0 Å². The predicted octanol–water partition coefficient (Wildman–Crippen LogP) is 15.5. The second-order valence-corrected chi connectivity index (χ2v) is 18.3. The minimum atomic E-state index is -0.260. The van der Waals surface area contributed by atoms with Gasteiger partial charge in [-0.1, -0.05) is 153 Å². The van der Waals surface area contributed by atoms with Gasteiger partial charge in [-0.3, -0.25) is 4.79 Å². The first kappa shape index (κ1) is 75.9. The zero-order chi connectivity index (χ0) is 53.6. The van der Waals surface area contributed by atoms with Crippen molar-refractivity contribution in [3.8, 4) is 25.2 Å². The molecule has 66 heavy (non-hydrogen) atoms. The molecule has 0 saturated carbocycles. The molecular formula is C60H111N5O. The summed E-state index contributed by atoms with van der Waals surface area (Å²) in [6.07, 6.45) is 31.0. The number of nitrogens with one attached hydrogen (secondary N) is 3. The van der Waals surface area contributed by atoms with Crippen LogP contribution < -0.4 is 16.0 Å². The Morgan fingerprint density at radius 3 is 1.76 bits per heavy atom. The van der Waals surface area contributed by atoms with Crippen LogP contribution in [0.1, 0.15) is 169 Å². The summed E-state index contributed by atoms with van der Waals surface area (Å²) >= 11 is 0. The fourth-order valence-corrected chi connectivity index (χ4v) is 6.13. The summed E-state index contributed by atoms with van der Waals surface area (Å²) in [4.78, 5) is 17.1. The fraction of sp³-hybridized carbons (Fsp3) is 0.617. The molecule has 1 saturated heterocycles. The summed E-state index contributed by atoms with van der Waals surface area (Å²) in [6.45, 7) is 69.8. The molecule has 0 aromatic heterocycles. The zero-order valence-corrected chi connectivity index (χ0v) is 47.1. The third kappa shape index (κ3) is 41.1. The number of rotatable bonds is 17. The average Bonchev–Trinajstić information content (AvgIpc) is 3.74. The van der Waals surface area contributed by atoms with Gasteiger partial charge in [0.05, 0.1) is 12.1 Å². The molecule has 0 radical (unpaired) electrons. The maximum Gasteiger partial charge on any atom is 0.248 e. The highest BCUT2D eigenvalue weighted by atomic mass is 16.1. The Hall–Kier alpha value is -4.39. The molecule has 0 spiro atoms. The van der Waals surface area contributed by atoms with Crippen molar-refractivity contribution in [1.29, 1.82) is 0 Å². The first-order chi connectivity index (χ1) is 30.9. The summed E-state index contributed by atoms with van der Waals surface area (Å²) < 4.78 is 0. The molecule has 6 heteroatoms. The Balaban J connectivity index is -0.000000162. The molecule has 2 aliphatic rings. The first-order valence-electron chi connectivity index (χ1n) is 24.6. The Kier molecular flexibility index (Phi) is 55.8. The van der Waals surface area contributed by atoms with Crippen LogP contribution in [0.4, 0.5) is 0 Å². The lowest BCUT2D eigenvalue weighted by Gasteiger charge is -2.39. The van der Waals surface area contributed by atoms with Gasteiger partial charge in [-0.2, -0.15) is 0 Å². The molecule has 5 atom stereocenters. The lowest BCUT2D eigenvalue weighted by molar-refractivity contribution is -0.117. The van der Waals surface area contributed by atoms with E-state index in [9.17, 15) is 4.79 Å². The van der Waals surface area contributed by atoms with Crippen LogP contribution in [0.25, 0.3) is 0 Å². The van der Waals surface area contributed by atoms with Crippen molar-refractivity contribution in [2.75, 3.05) is 33.7 Å². The van der Waals surface area contributed by atoms with E-state index in [0.29, 0.717) is 42.8 Å². The molecule has 1 fully saturated rings. The van der Waals surface area contributed by atoms with Gasteiger partial charge < -0.3 is 25.8 Å². The molecule has 1 aliphatic carbocycles. The van der Waals surface area contributed by atoms with Gasteiger partial charge in [0.2, 0.25) is 5.91 Å². The molecule has 0 aromatic carbocycles. The topological polar surface area (TPSA) is 59.6 Å². The summed E-state index contributed by atoms with van der Waals surface area (Å²) in [5, 5.41) is 9.72. The SMILES string of the molecule is C#C.C#CCCC(NC(=C)C1CC(CC)CN1C(=C)C(C)C(C)(C)C)C(=C)C(=O)NCC=C.C=C.C=C(C)NC(CN(C)C)C(C)(C)C.C=CC.C=CCC.CC.CC.CC1=CCCCC1. The van der Waals surface area contributed by atoms with Crippen LogP contribution in [0.3, 0.4) is 0 Å². The summed E-state index contributed by atoms with van der Waals surface area (Å²) in [7, 11) is 4.19. The number of allylic oxidation sites excluding steroid dienone is 6. The maximum absolute atomic E-state index is 12.5. The van der Waals surface area contributed by atoms with Crippen LogP contribution in [-0.4, -0.2) is 67.6 Å². The minimum absolute atomic E-state index is 0.132. The van der Waals surface area contributed by atoms with E-state index in [4.69, 9.17) is 6.42 Å². The molecule has 0 aromatic rings. The number of hydrogen-bond acceptors (Lipinski definition) is 5. The van der Waals surface area contributed by atoms with Crippen molar-refractivity contribution in [3.63, 3.8) is 0 Å². The Bertz CT molecular complexity index is 1380. The van der Waals surface area contributed by atoms with E-state index in [1.165, 1.54) is 25.7 Å². The third-order valence-corrected chi connectivity index (χ3v) is 10.4. The summed E-state index contributed by atoms with van der Waals surface area (Å²) in [5.74, 6) is 3.41. The molecule has 2 rings (SSSR count). The van der Waals surface area contributed by atoms with Crippen molar-refractivity contribution in [1.82, 2.24) is 25.8 Å². The van der Waals surface area contributed by atoms with Crippen LogP contribution in [-0.2, 0) is 4.79 Å². The lowest BCUT2D eigenvalue weighted by Crippen LogP contribution is -2.46. The molecule has 1 amide bonds. The molecule has 5 unspecified atom stereocenters. The average molecular weight is 919 g/mol. The second-order valence-electron chi connectivity index (χ2n) is 18.3.